The van der Waals surface area contributed by atoms with E-state index in [1.165, 1.54) is 7.11 Å². The SMILES string of the molecule is COC(=O)CCNCC(=O)NCC(F)(F)F. The van der Waals surface area contributed by atoms with Crippen molar-refractivity contribution in [2.45, 2.75) is 12.6 Å². The average Bonchev–Trinajstić information content (AvgIpc) is 2.20. The van der Waals surface area contributed by atoms with Crippen molar-refractivity contribution in [1.29, 1.82) is 0 Å². The highest BCUT2D eigenvalue weighted by atomic mass is 19.4. The molecule has 0 heterocycles. The first kappa shape index (κ1) is 14.7. The third-order valence-corrected chi connectivity index (χ3v) is 1.51. The number of carbonyl (C=O) groups excluding carboxylic acids is 2. The maximum Gasteiger partial charge on any atom is 0.405 e. The van der Waals surface area contributed by atoms with Crippen LogP contribution in [-0.2, 0) is 14.3 Å². The van der Waals surface area contributed by atoms with Gasteiger partial charge in [-0.25, -0.2) is 0 Å². The monoisotopic (exact) mass is 242 g/mol. The minimum absolute atomic E-state index is 0.0586. The van der Waals surface area contributed by atoms with Crippen molar-refractivity contribution in [2.75, 3.05) is 26.7 Å². The first-order valence-corrected chi connectivity index (χ1v) is 4.46. The van der Waals surface area contributed by atoms with Crippen LogP contribution in [0.3, 0.4) is 0 Å². The Hall–Kier alpha value is -1.31. The van der Waals surface area contributed by atoms with Crippen LogP contribution < -0.4 is 10.6 Å². The predicted molar refractivity (Wildman–Crippen MR) is 48.6 cm³/mol. The van der Waals surface area contributed by atoms with Crippen LogP contribution in [0.4, 0.5) is 13.2 Å². The average molecular weight is 242 g/mol. The van der Waals surface area contributed by atoms with Gasteiger partial charge in [-0.3, -0.25) is 9.59 Å². The van der Waals surface area contributed by atoms with Crippen molar-refractivity contribution in [1.82, 2.24) is 10.6 Å². The Kier molecular flexibility index (Phi) is 6.47. The number of methoxy groups -OCH3 is 1. The zero-order valence-corrected chi connectivity index (χ0v) is 8.69. The van der Waals surface area contributed by atoms with Crippen molar-refractivity contribution in [2.24, 2.45) is 0 Å². The molecule has 0 fully saturated rings. The van der Waals surface area contributed by atoms with E-state index in [0.29, 0.717) is 0 Å². The quantitative estimate of drug-likeness (QED) is 0.501. The van der Waals surface area contributed by atoms with E-state index in [4.69, 9.17) is 0 Å². The molecule has 0 saturated carbocycles. The second-order valence-electron chi connectivity index (χ2n) is 2.89. The highest BCUT2D eigenvalue weighted by Gasteiger charge is 2.27. The number of rotatable bonds is 6. The van der Waals surface area contributed by atoms with Gasteiger partial charge in [-0.15, -0.1) is 0 Å². The number of esters is 1. The Morgan fingerprint density at radius 1 is 1.31 bits per heavy atom. The zero-order chi connectivity index (χ0) is 12.6. The van der Waals surface area contributed by atoms with Crippen molar-refractivity contribution < 1.29 is 27.5 Å². The molecule has 5 nitrogen and oxygen atoms in total. The van der Waals surface area contributed by atoms with Crippen LogP contribution in [0, 0.1) is 0 Å². The molecule has 0 atom stereocenters. The summed E-state index contributed by atoms with van der Waals surface area (Å²) in [7, 11) is 1.22. The Morgan fingerprint density at radius 3 is 2.44 bits per heavy atom. The van der Waals surface area contributed by atoms with E-state index in [1.54, 1.807) is 5.32 Å². The molecule has 2 N–H and O–H groups in total. The number of halogens is 3. The van der Waals surface area contributed by atoms with Crippen LogP contribution in [-0.4, -0.2) is 44.8 Å². The molecule has 94 valence electrons. The van der Waals surface area contributed by atoms with Gasteiger partial charge in [0, 0.05) is 6.54 Å². The Bertz CT molecular complexity index is 243. The van der Waals surface area contributed by atoms with Gasteiger partial charge in [-0.05, 0) is 0 Å². The van der Waals surface area contributed by atoms with Crippen LogP contribution in [0.25, 0.3) is 0 Å². The summed E-state index contributed by atoms with van der Waals surface area (Å²) in [6, 6.07) is 0. The standard InChI is InChI=1S/C8H13F3N2O3/c1-16-7(15)2-3-12-4-6(14)13-5-8(9,10)11/h12H,2-5H2,1H3,(H,13,14). The zero-order valence-electron chi connectivity index (χ0n) is 8.69. The van der Waals surface area contributed by atoms with Gasteiger partial charge in [0.05, 0.1) is 20.1 Å². The summed E-state index contributed by atoms with van der Waals surface area (Å²) in [4.78, 5) is 21.4. The molecule has 0 aliphatic rings. The highest BCUT2D eigenvalue weighted by Crippen LogP contribution is 2.11. The van der Waals surface area contributed by atoms with E-state index >= 15 is 0 Å². The van der Waals surface area contributed by atoms with Crippen LogP contribution in [0.2, 0.25) is 0 Å². The molecule has 0 aliphatic heterocycles. The van der Waals surface area contributed by atoms with Crippen molar-refractivity contribution in [3.63, 3.8) is 0 Å². The van der Waals surface area contributed by atoms with Gasteiger partial charge in [-0.2, -0.15) is 13.2 Å². The topological polar surface area (TPSA) is 67.4 Å². The lowest BCUT2D eigenvalue weighted by Crippen LogP contribution is -2.39. The predicted octanol–water partition coefficient (Wildman–Crippen LogP) is -0.182. The molecule has 0 radical (unpaired) electrons. The lowest BCUT2D eigenvalue weighted by Gasteiger charge is -2.08. The second kappa shape index (κ2) is 7.04. The lowest BCUT2D eigenvalue weighted by molar-refractivity contribution is -0.140. The molecule has 0 aromatic carbocycles. The third-order valence-electron chi connectivity index (χ3n) is 1.51. The number of nitrogens with one attached hydrogen (secondary N) is 2. The van der Waals surface area contributed by atoms with Gasteiger partial charge in [0.1, 0.15) is 6.54 Å². The third kappa shape index (κ3) is 9.25. The maximum absolute atomic E-state index is 11.7. The Balaban J connectivity index is 3.48. The Morgan fingerprint density at radius 2 is 1.94 bits per heavy atom. The summed E-state index contributed by atoms with van der Waals surface area (Å²) < 4.78 is 39.3. The van der Waals surface area contributed by atoms with E-state index < -0.39 is 24.6 Å². The first-order chi connectivity index (χ1) is 7.35. The van der Waals surface area contributed by atoms with Gasteiger partial charge in [0.25, 0.3) is 0 Å². The molecule has 0 saturated heterocycles. The van der Waals surface area contributed by atoms with Gasteiger partial charge in [0.15, 0.2) is 0 Å². The number of hydrogen-bond donors (Lipinski definition) is 2. The van der Waals surface area contributed by atoms with E-state index in [2.05, 4.69) is 10.1 Å². The van der Waals surface area contributed by atoms with Gasteiger partial charge in [0.2, 0.25) is 5.91 Å². The minimum Gasteiger partial charge on any atom is -0.469 e. The van der Waals surface area contributed by atoms with Gasteiger partial charge in [-0.1, -0.05) is 0 Å². The summed E-state index contributed by atoms with van der Waals surface area (Å²) in [5, 5.41) is 4.19. The van der Waals surface area contributed by atoms with Crippen LogP contribution in [0.15, 0.2) is 0 Å². The Labute approximate surface area is 90.3 Å². The molecule has 0 unspecified atom stereocenters. The summed E-state index contributed by atoms with van der Waals surface area (Å²) in [6.07, 6.45) is -4.36. The van der Waals surface area contributed by atoms with Crippen molar-refractivity contribution in [3.05, 3.63) is 0 Å². The second-order valence-corrected chi connectivity index (χ2v) is 2.89. The molecule has 0 aromatic heterocycles. The molecule has 8 heteroatoms. The molecular formula is C8H13F3N2O3. The summed E-state index contributed by atoms with van der Waals surface area (Å²) >= 11 is 0. The van der Waals surface area contributed by atoms with Crippen molar-refractivity contribution >= 4 is 11.9 Å². The highest BCUT2D eigenvalue weighted by molar-refractivity contribution is 5.78. The smallest absolute Gasteiger partial charge is 0.405 e. The normalized spacial score (nSPS) is 11.0. The fraction of sp³-hybridized carbons (Fsp3) is 0.750. The van der Waals surface area contributed by atoms with Gasteiger partial charge < -0.3 is 15.4 Å². The maximum atomic E-state index is 11.7. The van der Waals surface area contributed by atoms with Crippen LogP contribution in [0.5, 0.6) is 0 Å². The lowest BCUT2D eigenvalue weighted by atomic mass is 10.4. The largest absolute Gasteiger partial charge is 0.469 e. The number of carbonyl (C=O) groups is 2. The fourth-order valence-corrected chi connectivity index (χ4v) is 0.756. The van der Waals surface area contributed by atoms with Crippen LogP contribution >= 0.6 is 0 Å². The van der Waals surface area contributed by atoms with E-state index in [0.717, 1.165) is 0 Å². The summed E-state index contributed by atoms with van der Waals surface area (Å²) in [6.45, 7) is -1.45. The molecule has 16 heavy (non-hydrogen) atoms. The van der Waals surface area contributed by atoms with Gasteiger partial charge >= 0.3 is 12.1 Å². The molecular weight excluding hydrogens is 229 g/mol. The molecule has 0 aromatic rings. The number of hydrogen-bond acceptors (Lipinski definition) is 4. The molecule has 0 rings (SSSR count). The fourth-order valence-electron chi connectivity index (χ4n) is 0.756. The number of alkyl halides is 3. The molecule has 1 amide bonds. The summed E-state index contributed by atoms with van der Waals surface area (Å²) in [5.74, 6) is -1.23. The van der Waals surface area contributed by atoms with E-state index in [9.17, 15) is 22.8 Å². The van der Waals surface area contributed by atoms with Crippen LogP contribution in [0.1, 0.15) is 6.42 Å². The summed E-state index contributed by atoms with van der Waals surface area (Å²) in [5.41, 5.74) is 0. The number of ether oxygens (including phenoxy) is 1. The van der Waals surface area contributed by atoms with E-state index in [1.807, 2.05) is 0 Å². The van der Waals surface area contributed by atoms with E-state index in [-0.39, 0.29) is 19.5 Å². The molecule has 0 bridgehead atoms. The first-order valence-electron chi connectivity index (χ1n) is 4.46. The molecule has 0 aliphatic carbocycles. The minimum atomic E-state index is -4.42. The van der Waals surface area contributed by atoms with Crippen molar-refractivity contribution in [3.8, 4) is 0 Å². The molecule has 0 spiro atoms. The number of amides is 1.